The first kappa shape index (κ1) is 21.0. The number of nitrogens with two attached hydrogens (primary N) is 1. The summed E-state index contributed by atoms with van der Waals surface area (Å²) in [6.07, 6.45) is 0.916. The van der Waals surface area contributed by atoms with Crippen molar-refractivity contribution in [3.05, 3.63) is 64.0 Å². The van der Waals surface area contributed by atoms with Gasteiger partial charge in [0.1, 0.15) is 23.4 Å². The molecule has 0 bridgehead atoms. The second-order valence-electron chi connectivity index (χ2n) is 6.16. The Labute approximate surface area is 178 Å². The largest absolute Gasteiger partial charge is 0.496 e. The molecule has 0 spiro atoms. The third-order valence-electron chi connectivity index (χ3n) is 4.39. The average Bonchev–Trinajstić information content (AvgIpc) is 2.72. The zero-order chi connectivity index (χ0) is 21.1. The fourth-order valence-corrected chi connectivity index (χ4v) is 3.66. The third-order valence-corrected chi connectivity index (χ3v) is 5.10. The van der Waals surface area contributed by atoms with Gasteiger partial charge in [-0.25, -0.2) is 9.37 Å². The molecular formula is C21H19Cl2FN2O3. The van der Waals surface area contributed by atoms with Gasteiger partial charge in [-0.3, -0.25) is 0 Å². The molecule has 1 aromatic heterocycles. The number of hydrogen-bond acceptors (Lipinski definition) is 5. The first-order valence-electron chi connectivity index (χ1n) is 8.64. The van der Waals surface area contributed by atoms with Gasteiger partial charge in [0.2, 0.25) is 0 Å². The van der Waals surface area contributed by atoms with Gasteiger partial charge in [0, 0.05) is 22.3 Å². The molecule has 152 valence electrons. The van der Waals surface area contributed by atoms with Gasteiger partial charge >= 0.3 is 0 Å². The van der Waals surface area contributed by atoms with Crippen LogP contribution in [-0.4, -0.2) is 19.2 Å². The van der Waals surface area contributed by atoms with Crippen LogP contribution in [0, 0.1) is 5.82 Å². The highest BCUT2D eigenvalue weighted by atomic mass is 35.5. The minimum absolute atomic E-state index is 0.0981. The smallest absolute Gasteiger partial charge is 0.166 e. The van der Waals surface area contributed by atoms with E-state index in [9.17, 15) is 4.39 Å². The Hall–Kier alpha value is -2.70. The number of pyridine rings is 1. The minimum atomic E-state index is -0.676. The number of hydrogen-bond donors (Lipinski definition) is 1. The predicted octanol–water partition coefficient (Wildman–Crippen LogP) is 5.93. The van der Waals surface area contributed by atoms with E-state index in [1.54, 1.807) is 33.4 Å². The summed E-state index contributed by atoms with van der Waals surface area (Å²) < 4.78 is 30.7. The molecule has 0 fully saturated rings. The topological polar surface area (TPSA) is 66.6 Å². The van der Waals surface area contributed by atoms with Crippen molar-refractivity contribution in [2.45, 2.75) is 13.0 Å². The second-order valence-corrected chi connectivity index (χ2v) is 6.95. The molecular weight excluding hydrogens is 418 g/mol. The van der Waals surface area contributed by atoms with Crippen molar-refractivity contribution < 1.29 is 18.6 Å². The van der Waals surface area contributed by atoms with Crippen molar-refractivity contribution in [2.24, 2.45) is 0 Å². The van der Waals surface area contributed by atoms with Crippen LogP contribution in [0.3, 0.4) is 0 Å². The van der Waals surface area contributed by atoms with Crippen LogP contribution >= 0.6 is 23.2 Å². The van der Waals surface area contributed by atoms with E-state index in [-0.39, 0.29) is 15.9 Å². The van der Waals surface area contributed by atoms with Gasteiger partial charge in [0.15, 0.2) is 11.6 Å². The first-order chi connectivity index (χ1) is 13.9. The van der Waals surface area contributed by atoms with Crippen molar-refractivity contribution in [3.63, 3.8) is 0 Å². The molecule has 0 aliphatic heterocycles. The lowest BCUT2D eigenvalue weighted by atomic mass is 10.0. The Kier molecular flexibility index (Phi) is 6.35. The van der Waals surface area contributed by atoms with Crippen molar-refractivity contribution >= 4 is 29.0 Å². The maximum absolute atomic E-state index is 13.9. The molecule has 29 heavy (non-hydrogen) atoms. The van der Waals surface area contributed by atoms with E-state index in [0.29, 0.717) is 33.9 Å². The van der Waals surface area contributed by atoms with Crippen molar-refractivity contribution in [1.29, 1.82) is 0 Å². The number of ether oxygens (including phenoxy) is 3. The minimum Gasteiger partial charge on any atom is -0.496 e. The number of nitrogens with zero attached hydrogens (tertiary/aromatic N) is 1. The molecule has 2 N–H and O–H groups in total. The van der Waals surface area contributed by atoms with E-state index in [4.69, 9.17) is 43.1 Å². The van der Waals surface area contributed by atoms with Gasteiger partial charge in [0.25, 0.3) is 0 Å². The van der Waals surface area contributed by atoms with Gasteiger partial charge in [-0.1, -0.05) is 29.3 Å². The summed E-state index contributed by atoms with van der Waals surface area (Å²) in [4.78, 5) is 4.22. The fourth-order valence-electron chi connectivity index (χ4n) is 2.99. The highest BCUT2D eigenvalue weighted by Gasteiger charge is 2.21. The SMILES string of the molecule is COc1cccc(OC)c1-c1cnc(N)c(OC(C)c2c(Cl)ccc(F)c2Cl)c1. The zero-order valence-corrected chi connectivity index (χ0v) is 17.5. The normalized spacial score (nSPS) is 11.8. The summed E-state index contributed by atoms with van der Waals surface area (Å²) in [5, 5.41) is 0.192. The van der Waals surface area contributed by atoms with E-state index in [0.717, 1.165) is 0 Å². The fraction of sp³-hybridized carbons (Fsp3) is 0.190. The summed E-state index contributed by atoms with van der Waals surface area (Å²) in [6.45, 7) is 1.70. The molecule has 1 atom stereocenters. The molecule has 1 heterocycles. The van der Waals surface area contributed by atoms with Gasteiger partial charge in [-0.05, 0) is 37.3 Å². The lowest BCUT2D eigenvalue weighted by Crippen LogP contribution is -2.08. The van der Waals surface area contributed by atoms with Crippen LogP contribution in [0.25, 0.3) is 11.1 Å². The van der Waals surface area contributed by atoms with E-state index in [1.807, 2.05) is 18.2 Å². The number of anilines is 1. The van der Waals surface area contributed by atoms with Gasteiger partial charge in [-0.2, -0.15) is 0 Å². The molecule has 3 rings (SSSR count). The Bertz CT molecular complexity index is 1020. The van der Waals surface area contributed by atoms with E-state index in [2.05, 4.69) is 4.98 Å². The Morgan fingerprint density at radius 2 is 1.69 bits per heavy atom. The highest BCUT2D eigenvalue weighted by Crippen LogP contribution is 2.41. The van der Waals surface area contributed by atoms with E-state index < -0.39 is 11.9 Å². The Morgan fingerprint density at radius 1 is 1.03 bits per heavy atom. The van der Waals surface area contributed by atoms with E-state index >= 15 is 0 Å². The van der Waals surface area contributed by atoms with Crippen molar-refractivity contribution in [2.75, 3.05) is 20.0 Å². The molecule has 5 nitrogen and oxygen atoms in total. The molecule has 1 unspecified atom stereocenters. The van der Waals surface area contributed by atoms with Crippen LogP contribution in [0.5, 0.6) is 17.2 Å². The van der Waals surface area contributed by atoms with E-state index in [1.165, 1.54) is 12.1 Å². The van der Waals surface area contributed by atoms with Crippen LogP contribution in [0.1, 0.15) is 18.6 Å². The summed E-state index contributed by atoms with van der Waals surface area (Å²) in [7, 11) is 3.13. The maximum Gasteiger partial charge on any atom is 0.166 e. The molecule has 8 heteroatoms. The number of rotatable bonds is 6. The summed E-state index contributed by atoms with van der Waals surface area (Å²) in [5.41, 5.74) is 7.70. The van der Waals surface area contributed by atoms with Crippen LogP contribution in [-0.2, 0) is 0 Å². The standard InChI is InChI=1S/C21H19Cl2FN2O3/c1-11(18-13(22)7-8-14(24)20(18)23)29-17-9-12(10-26-21(17)25)19-15(27-2)5-4-6-16(19)28-3/h4-11H,1-3H3,(H2,25,26). The van der Waals surface area contributed by atoms with Gasteiger partial charge in [-0.15, -0.1) is 0 Å². The molecule has 0 saturated heterocycles. The number of nitrogen functional groups attached to an aromatic ring is 1. The predicted molar refractivity (Wildman–Crippen MR) is 113 cm³/mol. The number of halogens is 3. The van der Waals surface area contributed by atoms with Crippen LogP contribution in [0.2, 0.25) is 10.0 Å². The van der Waals surface area contributed by atoms with Crippen LogP contribution in [0.4, 0.5) is 10.2 Å². The first-order valence-corrected chi connectivity index (χ1v) is 9.39. The summed E-state index contributed by atoms with van der Waals surface area (Å²) >= 11 is 12.3. The monoisotopic (exact) mass is 436 g/mol. The average molecular weight is 437 g/mol. The second kappa shape index (κ2) is 8.76. The van der Waals surface area contributed by atoms with Gasteiger partial charge < -0.3 is 19.9 Å². The Morgan fingerprint density at radius 3 is 2.31 bits per heavy atom. The van der Waals surface area contributed by atoms with Gasteiger partial charge in [0.05, 0.1) is 24.8 Å². The maximum atomic E-state index is 13.9. The molecule has 0 aliphatic rings. The Balaban J connectivity index is 2.03. The lowest BCUT2D eigenvalue weighted by Gasteiger charge is -2.20. The number of methoxy groups -OCH3 is 2. The summed E-state index contributed by atoms with van der Waals surface area (Å²) in [6, 6.07) is 9.77. The van der Waals surface area contributed by atoms with Crippen LogP contribution in [0.15, 0.2) is 42.6 Å². The molecule has 0 saturated carbocycles. The third kappa shape index (κ3) is 4.18. The zero-order valence-electron chi connectivity index (χ0n) is 16.0. The molecule has 0 radical (unpaired) electrons. The summed E-state index contributed by atoms with van der Waals surface area (Å²) in [5.74, 6) is 1.08. The molecule has 0 aliphatic carbocycles. The quantitative estimate of drug-likeness (QED) is 0.484. The lowest BCUT2D eigenvalue weighted by molar-refractivity contribution is 0.227. The van der Waals surface area contributed by atoms with Crippen molar-refractivity contribution in [3.8, 4) is 28.4 Å². The number of benzene rings is 2. The van der Waals surface area contributed by atoms with Crippen molar-refractivity contribution in [1.82, 2.24) is 4.98 Å². The molecule has 3 aromatic rings. The van der Waals surface area contributed by atoms with Crippen LogP contribution < -0.4 is 19.9 Å². The molecule has 2 aromatic carbocycles. The number of aromatic nitrogens is 1. The molecule has 0 amide bonds. The highest BCUT2D eigenvalue weighted by molar-refractivity contribution is 6.36.